The van der Waals surface area contributed by atoms with Crippen molar-refractivity contribution in [3.8, 4) is 11.3 Å². The first kappa shape index (κ1) is 18.3. The lowest BCUT2D eigenvalue weighted by Gasteiger charge is -2.32. The normalized spacial score (nSPS) is 21.6. The summed E-state index contributed by atoms with van der Waals surface area (Å²) in [5, 5.41) is 7.20. The van der Waals surface area contributed by atoms with Gasteiger partial charge in [-0.2, -0.15) is 5.10 Å². The van der Waals surface area contributed by atoms with Crippen molar-refractivity contribution in [3.63, 3.8) is 0 Å². The quantitative estimate of drug-likeness (QED) is 0.778. The van der Waals surface area contributed by atoms with E-state index in [-0.39, 0.29) is 5.91 Å². The number of nitrogens with zero attached hydrogens (tertiary/aromatic N) is 5. The number of fused-ring (bicyclic) bond motifs is 3. The van der Waals surface area contributed by atoms with Crippen molar-refractivity contribution in [1.82, 2.24) is 24.5 Å². The SMILES string of the molecule is CN1CCC(n2nc(C(=O)N3CCN(C)CC3)c3c2-c2ccsc2CC3)CC1. The molecule has 0 radical (unpaired) electrons. The van der Waals surface area contributed by atoms with E-state index in [2.05, 4.69) is 40.0 Å². The van der Waals surface area contributed by atoms with Crippen LogP contribution in [0.15, 0.2) is 11.4 Å². The average Bonchev–Trinajstić information content (AvgIpc) is 3.33. The summed E-state index contributed by atoms with van der Waals surface area (Å²) in [7, 11) is 4.31. The van der Waals surface area contributed by atoms with Gasteiger partial charge in [-0.1, -0.05) is 0 Å². The van der Waals surface area contributed by atoms with Gasteiger partial charge in [-0.25, -0.2) is 0 Å². The Morgan fingerprint density at radius 2 is 1.75 bits per heavy atom. The van der Waals surface area contributed by atoms with E-state index in [1.54, 1.807) is 0 Å². The third-order valence-electron chi connectivity index (χ3n) is 6.64. The third-order valence-corrected chi connectivity index (χ3v) is 7.62. The number of likely N-dealkylation sites (tertiary alicyclic amines) is 1. The zero-order chi connectivity index (χ0) is 19.3. The van der Waals surface area contributed by atoms with Gasteiger partial charge in [-0.05, 0) is 64.3 Å². The van der Waals surface area contributed by atoms with E-state index in [0.717, 1.165) is 70.6 Å². The minimum absolute atomic E-state index is 0.134. The number of hydrogen-bond donors (Lipinski definition) is 0. The molecule has 2 fully saturated rings. The molecule has 0 spiro atoms. The van der Waals surface area contributed by atoms with Crippen molar-refractivity contribution >= 4 is 17.2 Å². The van der Waals surface area contributed by atoms with Crippen LogP contribution in [-0.4, -0.2) is 83.8 Å². The van der Waals surface area contributed by atoms with E-state index in [0.29, 0.717) is 6.04 Å². The molecular formula is C21H29N5OS. The second-order valence-electron chi connectivity index (χ2n) is 8.51. The summed E-state index contributed by atoms with van der Waals surface area (Å²) in [4.78, 5) is 21.5. The number of hydrogen-bond acceptors (Lipinski definition) is 5. The molecule has 7 heteroatoms. The van der Waals surface area contributed by atoms with Crippen molar-refractivity contribution in [1.29, 1.82) is 0 Å². The summed E-state index contributed by atoms with van der Waals surface area (Å²) in [5.74, 6) is 0.134. The van der Waals surface area contributed by atoms with Gasteiger partial charge in [0, 0.05) is 42.2 Å². The van der Waals surface area contributed by atoms with Gasteiger partial charge >= 0.3 is 0 Å². The highest BCUT2D eigenvalue weighted by Crippen LogP contribution is 2.41. The zero-order valence-electron chi connectivity index (χ0n) is 16.9. The summed E-state index contributed by atoms with van der Waals surface area (Å²) in [6.45, 7) is 5.68. The molecular weight excluding hydrogens is 370 g/mol. The van der Waals surface area contributed by atoms with E-state index in [1.165, 1.54) is 21.7 Å². The second-order valence-corrected chi connectivity index (χ2v) is 9.51. The van der Waals surface area contributed by atoms with Crippen LogP contribution in [-0.2, 0) is 12.8 Å². The lowest BCUT2D eigenvalue weighted by molar-refractivity contribution is 0.0655. The highest BCUT2D eigenvalue weighted by Gasteiger charge is 2.34. The Morgan fingerprint density at radius 1 is 1.04 bits per heavy atom. The van der Waals surface area contributed by atoms with Crippen LogP contribution < -0.4 is 0 Å². The van der Waals surface area contributed by atoms with E-state index < -0.39 is 0 Å². The predicted octanol–water partition coefficient (Wildman–Crippen LogP) is 2.36. The van der Waals surface area contributed by atoms with Crippen molar-refractivity contribution < 1.29 is 4.79 Å². The van der Waals surface area contributed by atoms with E-state index >= 15 is 0 Å². The molecule has 2 saturated heterocycles. The van der Waals surface area contributed by atoms with Gasteiger partial charge in [0.25, 0.3) is 5.91 Å². The molecule has 0 aromatic carbocycles. The number of piperidine rings is 1. The largest absolute Gasteiger partial charge is 0.335 e. The maximum absolute atomic E-state index is 13.4. The van der Waals surface area contributed by atoms with Gasteiger partial charge in [-0.3, -0.25) is 9.48 Å². The maximum atomic E-state index is 13.4. The summed E-state index contributed by atoms with van der Waals surface area (Å²) >= 11 is 1.84. The number of piperazine rings is 1. The number of likely N-dealkylation sites (N-methyl/N-ethyl adjacent to an activating group) is 1. The minimum atomic E-state index is 0.134. The van der Waals surface area contributed by atoms with Gasteiger partial charge in [0.05, 0.1) is 11.7 Å². The summed E-state index contributed by atoms with van der Waals surface area (Å²) in [6, 6.07) is 2.62. The fourth-order valence-electron chi connectivity index (χ4n) is 4.81. The Kier molecular flexibility index (Phi) is 4.77. The van der Waals surface area contributed by atoms with Crippen LogP contribution >= 0.6 is 11.3 Å². The Bertz CT molecular complexity index is 871. The van der Waals surface area contributed by atoms with Crippen molar-refractivity contribution in [3.05, 3.63) is 27.6 Å². The first-order valence-corrected chi connectivity index (χ1v) is 11.3. The number of rotatable bonds is 2. The molecule has 0 atom stereocenters. The van der Waals surface area contributed by atoms with Gasteiger partial charge in [0.1, 0.15) is 0 Å². The molecule has 150 valence electrons. The van der Waals surface area contributed by atoms with Crippen molar-refractivity contribution in [2.45, 2.75) is 31.7 Å². The Morgan fingerprint density at radius 3 is 2.50 bits per heavy atom. The molecule has 0 saturated carbocycles. The van der Waals surface area contributed by atoms with Crippen LogP contribution in [0.4, 0.5) is 0 Å². The number of thiophene rings is 1. The number of amides is 1. The molecule has 5 rings (SSSR count). The monoisotopic (exact) mass is 399 g/mol. The average molecular weight is 400 g/mol. The minimum Gasteiger partial charge on any atom is -0.335 e. The molecule has 0 bridgehead atoms. The van der Waals surface area contributed by atoms with Crippen molar-refractivity contribution in [2.75, 3.05) is 53.4 Å². The molecule has 1 amide bonds. The molecule has 2 aromatic heterocycles. The van der Waals surface area contributed by atoms with E-state index in [9.17, 15) is 4.79 Å². The zero-order valence-corrected chi connectivity index (χ0v) is 17.7. The number of carbonyl (C=O) groups excluding carboxylic acids is 1. The Hall–Kier alpha value is -1.70. The lowest BCUT2D eigenvalue weighted by atomic mass is 9.93. The molecule has 4 heterocycles. The molecule has 28 heavy (non-hydrogen) atoms. The van der Waals surface area contributed by atoms with Gasteiger partial charge in [-0.15, -0.1) is 11.3 Å². The first-order valence-electron chi connectivity index (χ1n) is 10.5. The lowest BCUT2D eigenvalue weighted by Crippen LogP contribution is -2.47. The van der Waals surface area contributed by atoms with E-state index in [4.69, 9.17) is 5.10 Å². The summed E-state index contributed by atoms with van der Waals surface area (Å²) in [5.41, 5.74) is 4.45. The predicted molar refractivity (Wildman–Crippen MR) is 112 cm³/mol. The first-order chi connectivity index (χ1) is 13.6. The van der Waals surface area contributed by atoms with Crippen LogP contribution in [0.3, 0.4) is 0 Å². The van der Waals surface area contributed by atoms with Crippen LogP contribution in [0.2, 0.25) is 0 Å². The molecule has 0 N–H and O–H groups in total. The number of aromatic nitrogens is 2. The fourth-order valence-corrected chi connectivity index (χ4v) is 5.69. The number of carbonyl (C=O) groups is 1. The smallest absolute Gasteiger partial charge is 0.274 e. The molecule has 6 nitrogen and oxygen atoms in total. The van der Waals surface area contributed by atoms with Crippen molar-refractivity contribution in [2.24, 2.45) is 0 Å². The van der Waals surface area contributed by atoms with Gasteiger partial charge < -0.3 is 14.7 Å². The van der Waals surface area contributed by atoms with Crippen LogP contribution in [0.5, 0.6) is 0 Å². The number of aryl methyl sites for hydroxylation is 1. The second kappa shape index (κ2) is 7.28. The summed E-state index contributed by atoms with van der Waals surface area (Å²) in [6.07, 6.45) is 4.17. The van der Waals surface area contributed by atoms with Crippen LogP contribution in [0.1, 0.15) is 39.8 Å². The summed E-state index contributed by atoms with van der Waals surface area (Å²) < 4.78 is 2.23. The standard InChI is InChI=1S/C21H29N5OS/c1-23-8-5-15(6-9-23)26-20-16-7-14-28-18(16)4-3-17(20)19(22-26)21(27)25-12-10-24(2)11-13-25/h7,14-15H,3-6,8-13H2,1-2H3. The van der Waals surface area contributed by atoms with Gasteiger partial charge in [0.15, 0.2) is 5.69 Å². The van der Waals surface area contributed by atoms with Crippen LogP contribution in [0.25, 0.3) is 11.3 Å². The molecule has 2 aliphatic heterocycles. The van der Waals surface area contributed by atoms with Crippen LogP contribution in [0, 0.1) is 0 Å². The molecule has 3 aliphatic rings. The fraction of sp³-hybridized carbons (Fsp3) is 0.619. The highest BCUT2D eigenvalue weighted by molar-refractivity contribution is 7.10. The molecule has 2 aromatic rings. The third kappa shape index (κ3) is 3.09. The molecule has 1 aliphatic carbocycles. The van der Waals surface area contributed by atoms with Gasteiger partial charge in [0.2, 0.25) is 0 Å². The highest BCUT2D eigenvalue weighted by atomic mass is 32.1. The van der Waals surface area contributed by atoms with E-state index in [1.807, 2.05) is 16.2 Å². The Labute approximate surface area is 170 Å². The topological polar surface area (TPSA) is 44.6 Å². The molecule has 0 unspecified atom stereocenters. The Balaban J connectivity index is 1.54. The maximum Gasteiger partial charge on any atom is 0.274 e.